The van der Waals surface area contributed by atoms with Gasteiger partial charge in [-0.1, -0.05) is 40.6 Å². The maximum Gasteiger partial charge on any atom is 0.226 e. The molecular weight excluding hydrogens is 416 g/mol. The third-order valence-corrected chi connectivity index (χ3v) is 6.39. The van der Waals surface area contributed by atoms with Crippen molar-refractivity contribution in [2.45, 2.75) is 63.8 Å². The number of allylic oxidation sites excluding steroid dienone is 4. The quantitative estimate of drug-likeness (QED) is 0.581. The molecule has 1 aromatic rings. The highest BCUT2D eigenvalue weighted by Gasteiger charge is 2.42. The predicted molar refractivity (Wildman–Crippen MR) is 122 cm³/mol. The van der Waals surface area contributed by atoms with Gasteiger partial charge in [0, 0.05) is 32.7 Å². The minimum Gasteiger partial charge on any atom is -0.495 e. The van der Waals surface area contributed by atoms with Gasteiger partial charge in [-0.25, -0.2) is 0 Å². The van der Waals surface area contributed by atoms with Crippen LogP contribution < -0.4 is 9.64 Å². The molecule has 1 fully saturated rings. The molecule has 1 saturated heterocycles. The summed E-state index contributed by atoms with van der Waals surface area (Å²) in [6, 6.07) is 3.90. The van der Waals surface area contributed by atoms with Crippen molar-refractivity contribution in [3.05, 3.63) is 46.5 Å². The molecule has 6 nitrogen and oxygen atoms in total. The molecule has 0 aromatic heterocycles. The van der Waals surface area contributed by atoms with Gasteiger partial charge in [-0.3, -0.25) is 4.79 Å². The first-order valence-electron chi connectivity index (χ1n) is 10.8. The van der Waals surface area contributed by atoms with E-state index in [0.717, 1.165) is 37.0 Å². The van der Waals surface area contributed by atoms with Crippen molar-refractivity contribution in [2.24, 2.45) is 5.16 Å². The minimum absolute atomic E-state index is 0.00574. The average molecular weight is 445 g/mol. The summed E-state index contributed by atoms with van der Waals surface area (Å²) >= 11 is 6.55. The highest BCUT2D eigenvalue weighted by molar-refractivity contribution is 6.35. The fraction of sp³-hybridized carbons (Fsp3) is 0.500. The second-order valence-electron chi connectivity index (χ2n) is 8.48. The van der Waals surface area contributed by atoms with Gasteiger partial charge < -0.3 is 19.2 Å². The average Bonchev–Trinajstić information content (AvgIpc) is 3.34. The van der Waals surface area contributed by atoms with E-state index >= 15 is 0 Å². The molecule has 0 saturated carbocycles. The van der Waals surface area contributed by atoms with Gasteiger partial charge in [0.2, 0.25) is 5.91 Å². The van der Waals surface area contributed by atoms with E-state index in [1.807, 2.05) is 12.1 Å². The molecule has 31 heavy (non-hydrogen) atoms. The Labute approximate surface area is 188 Å². The maximum atomic E-state index is 12.9. The maximum absolute atomic E-state index is 12.9. The fourth-order valence-corrected chi connectivity index (χ4v) is 4.46. The molecule has 7 heteroatoms. The van der Waals surface area contributed by atoms with Gasteiger partial charge in [0.1, 0.15) is 16.9 Å². The highest BCUT2D eigenvalue weighted by atomic mass is 35.5. The molecule has 3 aliphatic rings. The normalized spacial score (nSPS) is 29.4. The molecule has 1 amide bonds. The van der Waals surface area contributed by atoms with Crippen LogP contribution in [0.3, 0.4) is 0 Å². The predicted octanol–water partition coefficient (Wildman–Crippen LogP) is 4.84. The van der Waals surface area contributed by atoms with Crippen molar-refractivity contribution in [1.82, 2.24) is 0 Å². The van der Waals surface area contributed by atoms with Crippen LogP contribution in [0.15, 0.2) is 41.1 Å². The van der Waals surface area contributed by atoms with E-state index in [2.05, 4.69) is 30.3 Å². The lowest BCUT2D eigenvalue weighted by Crippen LogP contribution is -2.27. The molecular formula is C24H29ClN2O4. The highest BCUT2D eigenvalue weighted by Crippen LogP contribution is 2.38. The molecule has 4 rings (SSSR count). The van der Waals surface area contributed by atoms with Gasteiger partial charge in [0.05, 0.1) is 30.7 Å². The Morgan fingerprint density at radius 2 is 2.13 bits per heavy atom. The molecule has 0 spiro atoms. The van der Waals surface area contributed by atoms with Crippen LogP contribution in [0.2, 0.25) is 5.02 Å². The van der Waals surface area contributed by atoms with Crippen LogP contribution in [0.5, 0.6) is 5.75 Å². The molecule has 0 radical (unpaired) electrons. The Morgan fingerprint density at radius 1 is 1.29 bits per heavy atom. The molecule has 0 aliphatic carbocycles. The fourth-order valence-electron chi connectivity index (χ4n) is 4.15. The number of epoxide rings is 1. The number of amides is 1. The van der Waals surface area contributed by atoms with E-state index in [0.29, 0.717) is 29.3 Å². The standard InChI is InChI=1S/C24H29ClN2O4/c1-15-6-4-5-7-17-13-18(31-26-17)14-21-20(30-21)8-9-23(28)27(2)19-11-16(10-15)12-22(29-3)24(19)25/h4-6,11-12,18,20-21H,7-10,13-14H2,1-3H3/b5-4+,15-6+/t18-,20+,21+/m1/s1. The van der Waals surface area contributed by atoms with Crippen molar-refractivity contribution in [3.8, 4) is 5.75 Å². The summed E-state index contributed by atoms with van der Waals surface area (Å²) in [5, 5.41) is 4.68. The number of rotatable bonds is 1. The molecule has 0 unspecified atom stereocenters. The Bertz CT molecular complexity index is 940. The smallest absolute Gasteiger partial charge is 0.226 e. The summed E-state index contributed by atoms with van der Waals surface area (Å²) in [7, 11) is 3.35. The number of halogens is 1. The van der Waals surface area contributed by atoms with E-state index in [1.165, 1.54) is 5.57 Å². The van der Waals surface area contributed by atoms with E-state index in [1.54, 1.807) is 19.1 Å². The van der Waals surface area contributed by atoms with Gasteiger partial charge >= 0.3 is 0 Å². The largest absolute Gasteiger partial charge is 0.495 e. The minimum atomic E-state index is 0.00574. The number of carbonyl (C=O) groups excluding carboxylic acids is 1. The van der Waals surface area contributed by atoms with E-state index in [4.69, 9.17) is 25.9 Å². The Balaban J connectivity index is 1.58. The van der Waals surface area contributed by atoms with Crippen molar-refractivity contribution in [1.29, 1.82) is 0 Å². The van der Waals surface area contributed by atoms with Gasteiger partial charge in [-0.15, -0.1) is 0 Å². The molecule has 3 heterocycles. The number of anilines is 1. The van der Waals surface area contributed by atoms with Crippen LogP contribution in [-0.4, -0.2) is 44.1 Å². The van der Waals surface area contributed by atoms with Crippen LogP contribution in [0.1, 0.15) is 44.6 Å². The summed E-state index contributed by atoms with van der Waals surface area (Å²) in [5.74, 6) is 0.578. The van der Waals surface area contributed by atoms with Crippen LogP contribution in [0.25, 0.3) is 0 Å². The number of hydrogen-bond acceptors (Lipinski definition) is 5. The lowest BCUT2D eigenvalue weighted by molar-refractivity contribution is -0.118. The molecule has 3 atom stereocenters. The van der Waals surface area contributed by atoms with Crippen molar-refractivity contribution in [2.75, 3.05) is 19.1 Å². The second kappa shape index (κ2) is 9.45. The summed E-state index contributed by atoms with van der Waals surface area (Å²) in [4.78, 5) is 20.1. The number of benzene rings is 1. The number of oxime groups is 1. The Hall–Kier alpha value is -2.31. The number of fused-ring (bicyclic) bond motifs is 5. The summed E-state index contributed by atoms with van der Waals surface area (Å²) in [5.41, 5.74) is 3.96. The third-order valence-electron chi connectivity index (χ3n) is 6.01. The zero-order valence-corrected chi connectivity index (χ0v) is 19.0. The van der Waals surface area contributed by atoms with Crippen molar-refractivity contribution < 1.29 is 19.1 Å². The van der Waals surface area contributed by atoms with E-state index in [-0.39, 0.29) is 24.2 Å². The van der Waals surface area contributed by atoms with Crippen LogP contribution in [-0.2, 0) is 20.8 Å². The monoisotopic (exact) mass is 444 g/mol. The van der Waals surface area contributed by atoms with Crippen molar-refractivity contribution >= 4 is 28.9 Å². The first-order chi connectivity index (χ1) is 14.9. The summed E-state index contributed by atoms with van der Waals surface area (Å²) in [6.07, 6.45) is 10.9. The van der Waals surface area contributed by atoms with Crippen LogP contribution in [0, 0.1) is 0 Å². The van der Waals surface area contributed by atoms with Gasteiger partial charge in [0.15, 0.2) is 0 Å². The zero-order chi connectivity index (χ0) is 22.0. The number of methoxy groups -OCH3 is 1. The lowest BCUT2D eigenvalue weighted by Gasteiger charge is -2.21. The van der Waals surface area contributed by atoms with E-state index in [9.17, 15) is 4.79 Å². The summed E-state index contributed by atoms with van der Waals surface area (Å²) in [6.45, 7) is 2.08. The zero-order valence-electron chi connectivity index (χ0n) is 18.3. The number of carbonyl (C=O) groups is 1. The van der Waals surface area contributed by atoms with Crippen LogP contribution in [0.4, 0.5) is 5.69 Å². The van der Waals surface area contributed by atoms with Gasteiger partial charge in [-0.2, -0.15) is 0 Å². The molecule has 0 N–H and O–H groups in total. The molecule has 166 valence electrons. The van der Waals surface area contributed by atoms with E-state index < -0.39 is 0 Å². The first kappa shape index (κ1) is 21.9. The molecule has 3 aliphatic heterocycles. The number of hydrogen-bond donors (Lipinski definition) is 0. The molecule has 4 bridgehead atoms. The Morgan fingerprint density at radius 3 is 2.94 bits per heavy atom. The third kappa shape index (κ3) is 5.31. The lowest BCUT2D eigenvalue weighted by atomic mass is 10.0. The summed E-state index contributed by atoms with van der Waals surface area (Å²) < 4.78 is 11.3. The van der Waals surface area contributed by atoms with Gasteiger partial charge in [0.25, 0.3) is 0 Å². The second-order valence-corrected chi connectivity index (χ2v) is 8.86. The number of nitrogens with zero attached hydrogens (tertiary/aromatic N) is 2. The SMILES string of the molecule is COc1cc2cc(c1Cl)N(C)C(=O)CC[C@@H]1O[C@H]1C[C@H]1CC(=NO1)C/C=C/C=C(\C)C2. The Kier molecular flexibility index (Phi) is 6.68. The van der Waals surface area contributed by atoms with Crippen molar-refractivity contribution in [3.63, 3.8) is 0 Å². The first-order valence-corrected chi connectivity index (χ1v) is 11.1. The van der Waals surface area contributed by atoms with Gasteiger partial charge in [-0.05, 0) is 37.5 Å². The van der Waals surface area contributed by atoms with Crippen LogP contribution >= 0.6 is 11.6 Å². The molecule has 1 aromatic carbocycles. The topological polar surface area (TPSA) is 63.7 Å². The number of ether oxygens (including phenoxy) is 2.